The summed E-state index contributed by atoms with van der Waals surface area (Å²) < 4.78 is 10.4. The molecule has 0 radical (unpaired) electrons. The highest BCUT2D eigenvalue weighted by Crippen LogP contribution is 2.32. The number of alkyl carbamates (subject to hydrolysis) is 1. The highest BCUT2D eigenvalue weighted by Gasteiger charge is 2.33. The normalized spacial score (nSPS) is 12.2. The number of nitrogens with one attached hydrogen (secondary N) is 3. The van der Waals surface area contributed by atoms with Crippen molar-refractivity contribution in [2.45, 2.75) is 33.4 Å². The Kier molecular flexibility index (Phi) is 6.40. The molecular weight excluding hydrogens is 390 g/mol. The fraction of sp³-hybridized carbons (Fsp3) is 0.368. The van der Waals surface area contributed by atoms with Crippen LogP contribution in [0, 0.1) is 5.41 Å². The van der Waals surface area contributed by atoms with Gasteiger partial charge in [-0.3, -0.25) is 9.89 Å². The van der Waals surface area contributed by atoms with E-state index >= 15 is 0 Å². The number of rotatable bonds is 7. The lowest BCUT2D eigenvalue weighted by molar-refractivity contribution is -0.122. The molecule has 3 rings (SSSR count). The van der Waals surface area contributed by atoms with Crippen LogP contribution in [0.1, 0.15) is 38.3 Å². The van der Waals surface area contributed by atoms with Crippen LogP contribution in [0.4, 0.5) is 4.79 Å². The van der Waals surface area contributed by atoms with Gasteiger partial charge in [0.1, 0.15) is 25.5 Å². The van der Waals surface area contributed by atoms with E-state index in [1.54, 1.807) is 0 Å². The van der Waals surface area contributed by atoms with Gasteiger partial charge in [-0.15, -0.1) is 0 Å². The van der Waals surface area contributed by atoms with E-state index in [2.05, 4.69) is 36.0 Å². The highest BCUT2D eigenvalue weighted by molar-refractivity contribution is 5.82. The van der Waals surface area contributed by atoms with Gasteiger partial charge in [-0.05, 0) is 11.0 Å². The van der Waals surface area contributed by atoms with Crippen molar-refractivity contribution >= 4 is 12.0 Å². The molecule has 3 aromatic rings. The number of carbonyl (C=O) groups is 2. The molecule has 1 unspecified atom stereocenters. The molecule has 0 saturated carbocycles. The van der Waals surface area contributed by atoms with Crippen molar-refractivity contribution in [1.82, 2.24) is 36.0 Å². The predicted octanol–water partition coefficient (Wildman–Crippen LogP) is 1.98. The number of hydrogen-bond acceptors (Lipinski definition) is 8. The largest absolute Gasteiger partial charge is 0.445 e. The number of carbonyl (C=O) groups excluding carboxylic acids is 2. The molecule has 2 heterocycles. The molecule has 0 spiro atoms. The predicted molar refractivity (Wildman–Crippen MR) is 105 cm³/mol. The number of aromatic amines is 1. The summed E-state index contributed by atoms with van der Waals surface area (Å²) in [5.41, 5.74) is 0.415. The second-order valence-corrected chi connectivity index (χ2v) is 7.57. The van der Waals surface area contributed by atoms with Crippen molar-refractivity contribution in [2.24, 2.45) is 5.41 Å². The molecule has 11 heteroatoms. The summed E-state index contributed by atoms with van der Waals surface area (Å²) in [5.74, 6) is 0.375. The first-order valence-electron chi connectivity index (χ1n) is 9.26. The second kappa shape index (κ2) is 9.16. The third-order valence-corrected chi connectivity index (χ3v) is 4.09. The van der Waals surface area contributed by atoms with Crippen molar-refractivity contribution in [2.75, 3.05) is 6.54 Å². The van der Waals surface area contributed by atoms with Crippen LogP contribution in [-0.2, 0) is 16.1 Å². The first-order chi connectivity index (χ1) is 14.3. The van der Waals surface area contributed by atoms with Gasteiger partial charge in [-0.2, -0.15) is 10.1 Å². The molecule has 30 heavy (non-hydrogen) atoms. The molecule has 11 nitrogen and oxygen atoms in total. The Labute approximate surface area is 172 Å². The molecule has 0 aliphatic carbocycles. The maximum atomic E-state index is 12.4. The minimum Gasteiger partial charge on any atom is -0.445 e. The van der Waals surface area contributed by atoms with Crippen LogP contribution in [0.5, 0.6) is 0 Å². The summed E-state index contributed by atoms with van der Waals surface area (Å²) >= 11 is 0. The first kappa shape index (κ1) is 21.0. The molecule has 2 amide bonds. The van der Waals surface area contributed by atoms with E-state index in [1.807, 2.05) is 51.1 Å². The van der Waals surface area contributed by atoms with Crippen molar-refractivity contribution < 1.29 is 18.8 Å². The Bertz CT molecular complexity index is 964. The lowest BCUT2D eigenvalue weighted by Crippen LogP contribution is -2.42. The van der Waals surface area contributed by atoms with E-state index in [4.69, 9.17) is 9.26 Å². The molecule has 1 atom stereocenters. The van der Waals surface area contributed by atoms with Gasteiger partial charge in [0.15, 0.2) is 5.82 Å². The van der Waals surface area contributed by atoms with Gasteiger partial charge in [0.25, 0.3) is 0 Å². The summed E-state index contributed by atoms with van der Waals surface area (Å²) in [6, 6.07) is 8.66. The SMILES string of the molecule is CC(C)(C)C(NC(=O)CNC(=O)OCc1ccccc1)c1nc(-c2ncn[nH]2)no1. The van der Waals surface area contributed by atoms with E-state index in [0.717, 1.165) is 5.56 Å². The second-order valence-electron chi connectivity index (χ2n) is 7.57. The molecule has 0 fully saturated rings. The Morgan fingerprint density at radius 2 is 2.00 bits per heavy atom. The van der Waals surface area contributed by atoms with Crippen LogP contribution < -0.4 is 10.6 Å². The maximum Gasteiger partial charge on any atom is 0.407 e. The van der Waals surface area contributed by atoms with Gasteiger partial charge in [-0.1, -0.05) is 56.3 Å². The van der Waals surface area contributed by atoms with Crippen LogP contribution in [0.3, 0.4) is 0 Å². The minimum atomic E-state index is -0.688. The molecule has 0 aliphatic heterocycles. The van der Waals surface area contributed by atoms with E-state index in [1.165, 1.54) is 6.33 Å². The maximum absolute atomic E-state index is 12.4. The molecule has 0 saturated heterocycles. The molecular formula is C19H23N7O4. The standard InChI is InChI=1S/C19H23N7O4/c1-19(2,3)14(17-24-16(26-30-17)15-21-11-22-25-15)23-13(27)9-20-18(28)29-10-12-7-5-4-6-8-12/h4-8,11,14H,9-10H2,1-3H3,(H,20,28)(H,23,27)(H,21,22,25). The summed E-state index contributed by atoms with van der Waals surface area (Å²) in [4.78, 5) is 32.5. The summed E-state index contributed by atoms with van der Waals surface area (Å²) in [6.07, 6.45) is 0.642. The lowest BCUT2D eigenvalue weighted by atomic mass is 9.86. The minimum absolute atomic E-state index is 0.116. The average molecular weight is 413 g/mol. The summed E-state index contributed by atoms with van der Waals surface area (Å²) in [7, 11) is 0. The molecule has 0 bridgehead atoms. The fourth-order valence-corrected chi connectivity index (χ4v) is 2.55. The first-order valence-corrected chi connectivity index (χ1v) is 9.26. The Hall–Kier alpha value is -3.76. The smallest absolute Gasteiger partial charge is 0.407 e. The number of benzene rings is 1. The van der Waals surface area contributed by atoms with Gasteiger partial charge in [0, 0.05) is 0 Å². The van der Waals surface area contributed by atoms with Crippen LogP contribution in [-0.4, -0.2) is 43.9 Å². The molecule has 3 N–H and O–H groups in total. The van der Waals surface area contributed by atoms with E-state index < -0.39 is 23.5 Å². The van der Waals surface area contributed by atoms with E-state index in [0.29, 0.717) is 5.82 Å². The Balaban J connectivity index is 1.55. The van der Waals surface area contributed by atoms with Crippen LogP contribution in [0.25, 0.3) is 11.6 Å². The topological polar surface area (TPSA) is 148 Å². The van der Waals surface area contributed by atoms with Crippen molar-refractivity contribution in [3.05, 3.63) is 48.1 Å². The number of nitrogens with zero attached hydrogens (tertiary/aromatic N) is 4. The van der Waals surface area contributed by atoms with E-state index in [9.17, 15) is 9.59 Å². The monoisotopic (exact) mass is 413 g/mol. The summed E-state index contributed by atoms with van der Waals surface area (Å²) in [6.45, 7) is 5.60. The summed E-state index contributed by atoms with van der Waals surface area (Å²) in [5, 5.41) is 15.5. The molecule has 0 aliphatic rings. The lowest BCUT2D eigenvalue weighted by Gasteiger charge is -2.28. The zero-order valence-electron chi connectivity index (χ0n) is 16.9. The van der Waals surface area contributed by atoms with Crippen molar-refractivity contribution in [3.63, 3.8) is 0 Å². The van der Waals surface area contributed by atoms with Gasteiger partial charge < -0.3 is 19.9 Å². The number of H-pyrrole nitrogens is 1. The third kappa shape index (κ3) is 5.63. The van der Waals surface area contributed by atoms with Gasteiger partial charge >= 0.3 is 6.09 Å². The van der Waals surface area contributed by atoms with Crippen LogP contribution in [0.15, 0.2) is 41.2 Å². The number of amides is 2. The third-order valence-electron chi connectivity index (χ3n) is 4.09. The van der Waals surface area contributed by atoms with Crippen molar-refractivity contribution in [1.29, 1.82) is 0 Å². The van der Waals surface area contributed by atoms with Gasteiger partial charge in [0.05, 0.1) is 0 Å². The molecule has 2 aromatic heterocycles. The Morgan fingerprint density at radius 1 is 1.23 bits per heavy atom. The van der Waals surface area contributed by atoms with E-state index in [-0.39, 0.29) is 24.9 Å². The Morgan fingerprint density at radius 3 is 2.67 bits per heavy atom. The number of aromatic nitrogens is 5. The highest BCUT2D eigenvalue weighted by atomic mass is 16.5. The van der Waals surface area contributed by atoms with Crippen LogP contribution in [0.2, 0.25) is 0 Å². The van der Waals surface area contributed by atoms with Crippen molar-refractivity contribution in [3.8, 4) is 11.6 Å². The van der Waals surface area contributed by atoms with Gasteiger partial charge in [0.2, 0.25) is 17.6 Å². The molecule has 1 aromatic carbocycles. The fourth-order valence-electron chi connectivity index (χ4n) is 2.55. The number of ether oxygens (including phenoxy) is 1. The number of hydrogen-bond donors (Lipinski definition) is 3. The quantitative estimate of drug-likeness (QED) is 0.532. The molecule has 158 valence electrons. The zero-order valence-corrected chi connectivity index (χ0v) is 16.9. The van der Waals surface area contributed by atoms with Gasteiger partial charge in [-0.25, -0.2) is 9.78 Å². The average Bonchev–Trinajstić information content (AvgIpc) is 3.40. The zero-order chi connectivity index (χ0) is 21.6. The van der Waals surface area contributed by atoms with Crippen LogP contribution >= 0.6 is 0 Å².